The number of likely N-dealkylation sites (N-methyl/N-ethyl adjacent to an activating group) is 1. The monoisotopic (exact) mass is 373 g/mol. The first kappa shape index (κ1) is 21.5. The topological polar surface area (TPSA) is 44.8 Å². The number of hydrogen-bond donors (Lipinski definition) is 1. The van der Waals surface area contributed by atoms with Gasteiger partial charge in [-0.25, -0.2) is 0 Å². The molecule has 1 aromatic rings. The number of para-hydroxylation sites is 1. The van der Waals surface area contributed by atoms with Crippen LogP contribution in [0.4, 0.5) is 0 Å². The molecule has 5 heteroatoms. The standard InChI is InChI=1S/C22H35N3O2/c1-24(2)18-14-23-22(26)11-10-19-12-16-25(17-13-19)15-6-8-20-7-4-5-9-21(20)27-3/h4-9,19H,10-18H2,1-3H3,(H,23,26). The van der Waals surface area contributed by atoms with Crippen LogP contribution in [-0.4, -0.2) is 69.6 Å². The van der Waals surface area contributed by atoms with E-state index in [0.717, 1.165) is 50.5 Å². The molecule has 0 aromatic heterocycles. The lowest BCUT2D eigenvalue weighted by Crippen LogP contribution is -2.35. The van der Waals surface area contributed by atoms with Crippen molar-refractivity contribution in [1.29, 1.82) is 0 Å². The molecule has 1 amide bonds. The maximum atomic E-state index is 11.9. The summed E-state index contributed by atoms with van der Waals surface area (Å²) in [5, 5.41) is 3.00. The van der Waals surface area contributed by atoms with Crippen molar-refractivity contribution >= 4 is 12.0 Å². The molecule has 27 heavy (non-hydrogen) atoms. The van der Waals surface area contributed by atoms with Crippen LogP contribution in [0.1, 0.15) is 31.2 Å². The van der Waals surface area contributed by atoms with E-state index in [1.54, 1.807) is 7.11 Å². The molecular weight excluding hydrogens is 338 g/mol. The van der Waals surface area contributed by atoms with E-state index in [-0.39, 0.29) is 5.91 Å². The Balaban J connectivity index is 1.62. The molecule has 1 fully saturated rings. The van der Waals surface area contributed by atoms with Crippen LogP contribution >= 0.6 is 0 Å². The quantitative estimate of drug-likeness (QED) is 0.685. The molecule has 0 atom stereocenters. The van der Waals surface area contributed by atoms with Gasteiger partial charge in [-0.05, 0) is 58.4 Å². The number of rotatable bonds is 10. The van der Waals surface area contributed by atoms with Crippen LogP contribution in [0.3, 0.4) is 0 Å². The second-order valence-electron chi connectivity index (χ2n) is 7.58. The molecule has 0 bridgehead atoms. The van der Waals surface area contributed by atoms with Crippen molar-refractivity contribution in [2.45, 2.75) is 25.7 Å². The summed E-state index contributed by atoms with van der Waals surface area (Å²) in [5.74, 6) is 1.79. The number of amides is 1. The molecule has 0 radical (unpaired) electrons. The van der Waals surface area contributed by atoms with Gasteiger partial charge in [0.25, 0.3) is 0 Å². The molecule has 1 aromatic carbocycles. The van der Waals surface area contributed by atoms with Crippen LogP contribution in [-0.2, 0) is 4.79 Å². The van der Waals surface area contributed by atoms with E-state index >= 15 is 0 Å². The van der Waals surface area contributed by atoms with Gasteiger partial charge in [-0.2, -0.15) is 0 Å². The number of carbonyl (C=O) groups excluding carboxylic acids is 1. The number of piperidine rings is 1. The minimum absolute atomic E-state index is 0.194. The third-order valence-electron chi connectivity index (χ3n) is 5.17. The fourth-order valence-corrected chi connectivity index (χ4v) is 3.43. The van der Waals surface area contributed by atoms with E-state index < -0.39 is 0 Å². The van der Waals surface area contributed by atoms with Crippen molar-refractivity contribution in [2.24, 2.45) is 5.92 Å². The van der Waals surface area contributed by atoms with Gasteiger partial charge < -0.3 is 15.0 Å². The predicted molar refractivity (Wildman–Crippen MR) is 112 cm³/mol. The van der Waals surface area contributed by atoms with Crippen molar-refractivity contribution < 1.29 is 9.53 Å². The van der Waals surface area contributed by atoms with E-state index in [0.29, 0.717) is 12.3 Å². The molecule has 1 N–H and O–H groups in total. The number of carbonyl (C=O) groups is 1. The number of ether oxygens (including phenoxy) is 1. The maximum Gasteiger partial charge on any atom is 0.220 e. The van der Waals surface area contributed by atoms with Crippen LogP contribution < -0.4 is 10.1 Å². The van der Waals surface area contributed by atoms with E-state index in [9.17, 15) is 4.79 Å². The molecule has 1 aliphatic rings. The molecule has 1 heterocycles. The van der Waals surface area contributed by atoms with E-state index in [2.05, 4.69) is 33.3 Å². The summed E-state index contributed by atoms with van der Waals surface area (Å²) in [6.07, 6.45) is 8.41. The summed E-state index contributed by atoms with van der Waals surface area (Å²) in [4.78, 5) is 16.5. The molecule has 150 valence electrons. The van der Waals surface area contributed by atoms with Crippen LogP contribution in [0.25, 0.3) is 6.08 Å². The second-order valence-corrected chi connectivity index (χ2v) is 7.58. The molecule has 5 nitrogen and oxygen atoms in total. The Bertz CT molecular complexity index is 593. The highest BCUT2D eigenvalue weighted by molar-refractivity contribution is 5.75. The van der Waals surface area contributed by atoms with Crippen LogP contribution in [0.5, 0.6) is 5.75 Å². The molecular formula is C22H35N3O2. The molecule has 1 saturated heterocycles. The predicted octanol–water partition coefficient (Wildman–Crippen LogP) is 2.88. The normalized spacial score (nSPS) is 16.1. The summed E-state index contributed by atoms with van der Waals surface area (Å²) in [5.41, 5.74) is 1.12. The Kier molecular flexibility index (Phi) is 9.36. The van der Waals surface area contributed by atoms with Gasteiger partial charge in [-0.3, -0.25) is 9.69 Å². The summed E-state index contributed by atoms with van der Waals surface area (Å²) in [6, 6.07) is 8.08. The highest BCUT2D eigenvalue weighted by Gasteiger charge is 2.19. The Hall–Kier alpha value is -1.85. The van der Waals surface area contributed by atoms with Gasteiger partial charge in [0.2, 0.25) is 5.91 Å². The fourth-order valence-electron chi connectivity index (χ4n) is 3.43. The number of hydrogen-bond acceptors (Lipinski definition) is 4. The average Bonchev–Trinajstić information content (AvgIpc) is 2.67. The van der Waals surface area contributed by atoms with Crippen molar-refractivity contribution in [1.82, 2.24) is 15.1 Å². The molecule has 0 saturated carbocycles. The van der Waals surface area contributed by atoms with E-state index in [4.69, 9.17) is 4.74 Å². The van der Waals surface area contributed by atoms with Gasteiger partial charge in [0.05, 0.1) is 7.11 Å². The lowest BCUT2D eigenvalue weighted by Gasteiger charge is -2.31. The Morgan fingerprint density at radius 1 is 1.30 bits per heavy atom. The second kappa shape index (κ2) is 11.8. The van der Waals surface area contributed by atoms with Crippen molar-refractivity contribution in [3.63, 3.8) is 0 Å². The van der Waals surface area contributed by atoms with Gasteiger partial charge in [-0.1, -0.05) is 30.4 Å². The van der Waals surface area contributed by atoms with Gasteiger partial charge in [0.1, 0.15) is 5.75 Å². The minimum atomic E-state index is 0.194. The van der Waals surface area contributed by atoms with Gasteiger partial charge >= 0.3 is 0 Å². The molecule has 2 rings (SSSR count). The van der Waals surface area contributed by atoms with Crippen LogP contribution in [0, 0.1) is 5.92 Å². The molecule has 0 unspecified atom stereocenters. The SMILES string of the molecule is COc1ccccc1C=CCN1CCC(CCC(=O)NCCN(C)C)CC1. The van der Waals surface area contributed by atoms with Crippen LogP contribution in [0.15, 0.2) is 30.3 Å². The van der Waals surface area contributed by atoms with Crippen LogP contribution in [0.2, 0.25) is 0 Å². The molecule has 0 aliphatic carbocycles. The Morgan fingerprint density at radius 2 is 2.04 bits per heavy atom. The van der Waals surface area contributed by atoms with Gasteiger partial charge in [0.15, 0.2) is 0 Å². The zero-order valence-corrected chi connectivity index (χ0v) is 17.1. The number of nitrogens with one attached hydrogen (secondary N) is 1. The Morgan fingerprint density at radius 3 is 2.74 bits per heavy atom. The first-order chi connectivity index (χ1) is 13.1. The first-order valence-corrected chi connectivity index (χ1v) is 10.0. The third-order valence-corrected chi connectivity index (χ3v) is 5.17. The highest BCUT2D eigenvalue weighted by atomic mass is 16.5. The lowest BCUT2D eigenvalue weighted by molar-refractivity contribution is -0.121. The summed E-state index contributed by atoms with van der Waals surface area (Å²) >= 11 is 0. The zero-order chi connectivity index (χ0) is 19.5. The third kappa shape index (κ3) is 8.14. The zero-order valence-electron chi connectivity index (χ0n) is 17.1. The highest BCUT2D eigenvalue weighted by Crippen LogP contribution is 2.22. The number of nitrogens with zero attached hydrogens (tertiary/aromatic N) is 2. The van der Waals surface area contributed by atoms with Gasteiger partial charge in [-0.15, -0.1) is 0 Å². The van der Waals surface area contributed by atoms with E-state index in [1.807, 2.05) is 32.3 Å². The number of methoxy groups -OCH3 is 1. The van der Waals surface area contributed by atoms with Crippen molar-refractivity contribution in [2.75, 3.05) is 53.9 Å². The largest absolute Gasteiger partial charge is 0.496 e. The van der Waals surface area contributed by atoms with E-state index in [1.165, 1.54) is 12.8 Å². The van der Waals surface area contributed by atoms with Gasteiger partial charge in [0, 0.05) is 31.6 Å². The summed E-state index contributed by atoms with van der Waals surface area (Å²) < 4.78 is 5.38. The number of likely N-dealkylation sites (tertiary alicyclic amines) is 1. The molecule has 0 spiro atoms. The summed E-state index contributed by atoms with van der Waals surface area (Å²) in [7, 11) is 5.75. The Labute approximate surface area is 164 Å². The average molecular weight is 374 g/mol. The summed E-state index contributed by atoms with van der Waals surface area (Å²) in [6.45, 7) is 4.83. The van der Waals surface area contributed by atoms with Crippen molar-refractivity contribution in [3.05, 3.63) is 35.9 Å². The fraction of sp³-hybridized carbons (Fsp3) is 0.591. The lowest BCUT2D eigenvalue weighted by atomic mass is 9.92. The number of benzene rings is 1. The minimum Gasteiger partial charge on any atom is -0.496 e. The first-order valence-electron chi connectivity index (χ1n) is 10.0. The van der Waals surface area contributed by atoms with Crippen molar-refractivity contribution in [3.8, 4) is 5.75 Å². The molecule has 1 aliphatic heterocycles. The smallest absolute Gasteiger partial charge is 0.220 e. The maximum absolute atomic E-state index is 11.9.